The molecule has 1 aliphatic heterocycles. The second-order valence-electron chi connectivity index (χ2n) is 6.64. The molecule has 1 saturated heterocycles. The van der Waals surface area contributed by atoms with Crippen LogP contribution in [0, 0.1) is 0 Å². The van der Waals surface area contributed by atoms with Gasteiger partial charge in [0.25, 0.3) is 0 Å². The minimum atomic E-state index is -3.35. The zero-order chi connectivity index (χ0) is 19.5. The molecule has 0 saturated carbocycles. The number of aliphatic imine (C=N–C) groups is 1. The lowest BCUT2D eigenvalue weighted by Crippen LogP contribution is -2.40. The number of likely N-dealkylation sites (N-methyl/N-ethyl adjacent to an activating group) is 1. The minimum absolute atomic E-state index is 0. The molecule has 2 heterocycles. The van der Waals surface area contributed by atoms with Crippen molar-refractivity contribution in [2.45, 2.75) is 38.7 Å². The second-order valence-corrected chi connectivity index (χ2v) is 9.60. The van der Waals surface area contributed by atoms with Gasteiger partial charge in [0.1, 0.15) is 0 Å². The number of hydrogen-bond donors (Lipinski definition) is 2. The van der Waals surface area contributed by atoms with Crippen molar-refractivity contribution >= 4 is 51.3 Å². The largest absolute Gasteiger partial charge is 0.377 e. The highest BCUT2D eigenvalue weighted by atomic mass is 127. The first-order valence-corrected chi connectivity index (χ1v) is 12.1. The Labute approximate surface area is 190 Å². The van der Waals surface area contributed by atoms with Gasteiger partial charge >= 0.3 is 0 Å². The van der Waals surface area contributed by atoms with Gasteiger partial charge in [-0.15, -0.1) is 35.3 Å². The molecule has 1 aromatic heterocycles. The maximum atomic E-state index is 12.2. The molecule has 162 valence electrons. The maximum absolute atomic E-state index is 12.2. The lowest BCUT2D eigenvalue weighted by Gasteiger charge is -2.23. The number of thiophene rings is 1. The maximum Gasteiger partial charge on any atom is 0.213 e. The SMILES string of the molecule is CCNC(=NCCS(=O)(=O)NCC1CCCCO1)N(C)CCc1cccs1.I. The lowest BCUT2D eigenvalue weighted by molar-refractivity contribution is 0.0200. The average molecular weight is 545 g/mol. The van der Waals surface area contributed by atoms with Crippen molar-refractivity contribution < 1.29 is 13.2 Å². The predicted molar refractivity (Wildman–Crippen MR) is 127 cm³/mol. The highest BCUT2D eigenvalue weighted by Gasteiger charge is 2.17. The molecule has 0 spiro atoms. The smallest absolute Gasteiger partial charge is 0.213 e. The summed E-state index contributed by atoms with van der Waals surface area (Å²) in [6.07, 6.45) is 4.02. The van der Waals surface area contributed by atoms with Crippen molar-refractivity contribution in [1.29, 1.82) is 0 Å². The monoisotopic (exact) mass is 544 g/mol. The van der Waals surface area contributed by atoms with Gasteiger partial charge in [-0.25, -0.2) is 13.1 Å². The van der Waals surface area contributed by atoms with E-state index >= 15 is 0 Å². The fraction of sp³-hybridized carbons (Fsp3) is 0.722. The van der Waals surface area contributed by atoms with Crippen LogP contribution in [0.5, 0.6) is 0 Å². The van der Waals surface area contributed by atoms with Crippen molar-refractivity contribution in [3.8, 4) is 0 Å². The predicted octanol–water partition coefficient (Wildman–Crippen LogP) is 2.29. The van der Waals surface area contributed by atoms with Crippen molar-refractivity contribution in [2.24, 2.45) is 4.99 Å². The van der Waals surface area contributed by atoms with Gasteiger partial charge in [-0.1, -0.05) is 6.07 Å². The standard InChI is InChI=1S/C18H32N4O3S2.HI/c1-3-19-18(22(2)11-9-17-8-6-13-26-17)20-10-14-27(23,24)21-15-16-7-4-5-12-25-16;/h6,8,13,16,21H,3-5,7,9-12,14-15H2,1-2H3,(H,19,20);1H. The van der Waals surface area contributed by atoms with Gasteiger partial charge in [0.2, 0.25) is 10.0 Å². The third-order valence-electron chi connectivity index (χ3n) is 4.40. The molecule has 1 atom stereocenters. The number of nitrogens with zero attached hydrogens (tertiary/aromatic N) is 2. The molecule has 1 aromatic rings. The summed E-state index contributed by atoms with van der Waals surface area (Å²) in [5.41, 5.74) is 0. The quantitative estimate of drug-likeness (QED) is 0.269. The third kappa shape index (κ3) is 9.86. The van der Waals surface area contributed by atoms with E-state index in [0.29, 0.717) is 6.54 Å². The van der Waals surface area contributed by atoms with Crippen LogP contribution in [0.15, 0.2) is 22.5 Å². The van der Waals surface area contributed by atoms with E-state index in [1.54, 1.807) is 11.3 Å². The van der Waals surface area contributed by atoms with Crippen LogP contribution in [0.3, 0.4) is 0 Å². The van der Waals surface area contributed by atoms with Crippen molar-refractivity contribution in [2.75, 3.05) is 45.6 Å². The summed E-state index contributed by atoms with van der Waals surface area (Å²) in [6, 6.07) is 4.17. The molecule has 28 heavy (non-hydrogen) atoms. The van der Waals surface area contributed by atoms with E-state index < -0.39 is 10.0 Å². The zero-order valence-electron chi connectivity index (χ0n) is 16.7. The van der Waals surface area contributed by atoms with E-state index in [4.69, 9.17) is 4.74 Å². The molecule has 1 unspecified atom stereocenters. The Balaban J connectivity index is 0.00000392. The van der Waals surface area contributed by atoms with Gasteiger partial charge in [-0.2, -0.15) is 0 Å². The van der Waals surface area contributed by atoms with Crippen LogP contribution in [0.25, 0.3) is 0 Å². The summed E-state index contributed by atoms with van der Waals surface area (Å²) < 4.78 is 32.6. The average Bonchev–Trinajstić information content (AvgIpc) is 3.18. The molecule has 2 N–H and O–H groups in total. The van der Waals surface area contributed by atoms with E-state index in [1.807, 2.05) is 18.9 Å². The fourth-order valence-corrected chi connectivity index (χ4v) is 4.45. The van der Waals surface area contributed by atoms with Crippen LogP contribution in [0.2, 0.25) is 0 Å². The first-order valence-electron chi connectivity index (χ1n) is 9.61. The van der Waals surface area contributed by atoms with Crippen LogP contribution in [0.1, 0.15) is 31.1 Å². The number of sulfonamides is 1. The van der Waals surface area contributed by atoms with Crippen LogP contribution in [0.4, 0.5) is 0 Å². The van der Waals surface area contributed by atoms with Crippen molar-refractivity contribution in [3.05, 3.63) is 22.4 Å². The molecule has 0 bridgehead atoms. The van der Waals surface area contributed by atoms with Crippen LogP contribution < -0.4 is 10.0 Å². The summed E-state index contributed by atoms with van der Waals surface area (Å²) in [5, 5.41) is 5.30. The number of rotatable bonds is 10. The summed E-state index contributed by atoms with van der Waals surface area (Å²) >= 11 is 1.74. The number of guanidine groups is 1. The van der Waals surface area contributed by atoms with E-state index in [-0.39, 0.29) is 42.4 Å². The molecule has 0 amide bonds. The van der Waals surface area contributed by atoms with Gasteiger partial charge in [-0.05, 0) is 44.1 Å². The summed E-state index contributed by atoms with van der Waals surface area (Å²) in [7, 11) is -1.37. The number of ether oxygens (including phenoxy) is 1. The zero-order valence-corrected chi connectivity index (χ0v) is 20.7. The first-order chi connectivity index (χ1) is 13.0. The van der Waals surface area contributed by atoms with Gasteiger partial charge in [-0.3, -0.25) is 4.99 Å². The highest BCUT2D eigenvalue weighted by Crippen LogP contribution is 2.12. The fourth-order valence-electron chi connectivity index (χ4n) is 2.84. The Bertz CT molecular complexity index is 662. The van der Waals surface area contributed by atoms with Gasteiger partial charge in [0.05, 0.1) is 18.4 Å². The first kappa shape index (κ1) is 25.6. The van der Waals surface area contributed by atoms with Crippen LogP contribution >= 0.6 is 35.3 Å². The second kappa shape index (κ2) is 13.7. The van der Waals surface area contributed by atoms with E-state index in [1.165, 1.54) is 4.88 Å². The Morgan fingerprint density at radius 1 is 1.43 bits per heavy atom. The molecular formula is C18H33IN4O3S2. The molecule has 1 fully saturated rings. The van der Waals surface area contributed by atoms with Crippen molar-refractivity contribution in [3.63, 3.8) is 0 Å². The minimum Gasteiger partial charge on any atom is -0.377 e. The molecule has 2 rings (SSSR count). The Morgan fingerprint density at radius 3 is 2.89 bits per heavy atom. The topological polar surface area (TPSA) is 83.0 Å². The summed E-state index contributed by atoms with van der Waals surface area (Å²) in [4.78, 5) is 7.85. The number of hydrogen-bond acceptors (Lipinski definition) is 5. The van der Waals surface area contributed by atoms with Crippen LogP contribution in [-0.4, -0.2) is 71.0 Å². The number of nitrogens with one attached hydrogen (secondary N) is 2. The van der Waals surface area contributed by atoms with Gasteiger partial charge < -0.3 is 15.0 Å². The molecule has 1 aliphatic rings. The Morgan fingerprint density at radius 2 is 2.25 bits per heavy atom. The highest BCUT2D eigenvalue weighted by molar-refractivity contribution is 14.0. The molecule has 7 nitrogen and oxygen atoms in total. The molecule has 0 radical (unpaired) electrons. The normalized spacial score (nSPS) is 17.8. The van der Waals surface area contributed by atoms with Gasteiger partial charge in [0, 0.05) is 38.2 Å². The van der Waals surface area contributed by atoms with E-state index in [2.05, 4.69) is 32.5 Å². The molecular weight excluding hydrogens is 511 g/mol. The molecule has 0 aromatic carbocycles. The Hall–Kier alpha value is -0.430. The van der Waals surface area contributed by atoms with E-state index in [0.717, 1.165) is 51.3 Å². The van der Waals surface area contributed by atoms with Gasteiger partial charge in [0.15, 0.2) is 5.96 Å². The van der Waals surface area contributed by atoms with Crippen molar-refractivity contribution in [1.82, 2.24) is 14.9 Å². The molecule has 0 aliphatic carbocycles. The third-order valence-corrected chi connectivity index (χ3v) is 6.66. The summed E-state index contributed by atoms with van der Waals surface area (Å²) in [5.74, 6) is 0.716. The number of halogens is 1. The summed E-state index contributed by atoms with van der Waals surface area (Å²) in [6.45, 7) is 4.88. The molecule has 10 heteroatoms. The van der Waals surface area contributed by atoms with E-state index in [9.17, 15) is 8.42 Å². The Kier molecular flexibility index (Phi) is 12.6. The van der Waals surface area contributed by atoms with Crippen LogP contribution in [-0.2, 0) is 21.2 Å². The lowest BCUT2D eigenvalue weighted by atomic mass is 10.1.